The molecule has 0 saturated heterocycles. The van der Waals surface area contributed by atoms with Gasteiger partial charge in [-0.25, -0.2) is 0 Å². The largest absolute Gasteiger partial charge is 0.507 e. The van der Waals surface area contributed by atoms with Crippen molar-refractivity contribution >= 4 is 23.4 Å². The molecule has 3 unspecified atom stereocenters. The van der Waals surface area contributed by atoms with E-state index in [0.717, 1.165) is 5.56 Å². The molecule has 0 aromatic heterocycles. The lowest BCUT2D eigenvalue weighted by Crippen LogP contribution is -2.79. The number of esters is 1. The highest BCUT2D eigenvalue weighted by Crippen LogP contribution is 2.66. The maximum absolute atomic E-state index is 14.6. The maximum atomic E-state index is 14.6. The Morgan fingerprint density at radius 1 is 1.06 bits per heavy atom. The van der Waals surface area contributed by atoms with Gasteiger partial charge in [0.05, 0.1) is 31.3 Å². The molecule has 12 heteroatoms. The van der Waals surface area contributed by atoms with Crippen LogP contribution in [-0.4, -0.2) is 81.4 Å². The molecule has 2 saturated carbocycles. The van der Waals surface area contributed by atoms with Gasteiger partial charge in [0, 0.05) is 17.5 Å². The van der Waals surface area contributed by atoms with E-state index in [4.69, 9.17) is 15.2 Å². The van der Waals surface area contributed by atoms with E-state index in [2.05, 4.69) is 5.32 Å². The minimum Gasteiger partial charge on any atom is -0.507 e. The van der Waals surface area contributed by atoms with Crippen molar-refractivity contribution in [3.63, 3.8) is 0 Å². The fraction of sp³-hybridized carbons (Fsp3) is 0.590. The average molecular weight is 709 g/mol. The van der Waals surface area contributed by atoms with E-state index in [1.165, 1.54) is 13.2 Å². The van der Waals surface area contributed by atoms with Crippen LogP contribution in [0.3, 0.4) is 0 Å². The summed E-state index contributed by atoms with van der Waals surface area (Å²) in [6, 6.07) is 8.10. The quantitative estimate of drug-likeness (QED) is 0.156. The molecule has 0 bridgehead atoms. The van der Waals surface area contributed by atoms with Gasteiger partial charge in [0.15, 0.2) is 17.2 Å². The summed E-state index contributed by atoms with van der Waals surface area (Å²) in [6.07, 6.45) is -3.30. The highest BCUT2D eigenvalue weighted by atomic mass is 16.5. The fourth-order valence-corrected chi connectivity index (χ4v) is 9.91. The van der Waals surface area contributed by atoms with E-state index in [1.54, 1.807) is 39.8 Å². The Morgan fingerprint density at radius 2 is 1.73 bits per heavy atom. The number of fused-ring (bicyclic) bond motifs is 3. The standard InChI is InChI=1S/C39H52N2O10/c1-9-51-36(48)30(19(4)5)41-16-20-10-13-25(50-8)22(14-20)21-11-12-24(42)26-23(21)15-37(6)17-38(7)28(18(2)3)32(44)27(35(40)47)33(45)39(38,49)34(46)29(37)31(26)43/h10-14,18-19,27-30,32,34,41-42,44,46,49H,9,15-17H2,1-8H3,(H2,40,47)/t27-,28+,29-,30?,32?,34?,37-,38-,39+/m1/s1. The van der Waals surface area contributed by atoms with Crippen LogP contribution in [0.1, 0.15) is 76.4 Å². The predicted octanol–water partition coefficient (Wildman–Crippen LogP) is 2.93. The van der Waals surface area contributed by atoms with Gasteiger partial charge < -0.3 is 41.0 Å². The van der Waals surface area contributed by atoms with Crippen LogP contribution in [0.5, 0.6) is 11.5 Å². The Hall–Kier alpha value is -3.84. The highest BCUT2D eigenvalue weighted by Gasteiger charge is 2.76. The molecular weight excluding hydrogens is 656 g/mol. The average Bonchev–Trinajstić information content (AvgIpc) is 3.02. The molecule has 5 rings (SSSR count). The first-order valence-electron chi connectivity index (χ1n) is 17.7. The van der Waals surface area contributed by atoms with Crippen LogP contribution in [0.15, 0.2) is 30.3 Å². The molecule has 3 aliphatic carbocycles. The Kier molecular flexibility index (Phi) is 10.2. The highest BCUT2D eigenvalue weighted by molar-refractivity contribution is 6.09. The van der Waals surface area contributed by atoms with Crippen molar-refractivity contribution in [1.82, 2.24) is 5.32 Å². The van der Waals surface area contributed by atoms with E-state index in [9.17, 15) is 39.6 Å². The first-order chi connectivity index (χ1) is 23.8. The lowest BCUT2D eigenvalue weighted by Gasteiger charge is -2.66. The van der Waals surface area contributed by atoms with Crippen molar-refractivity contribution in [3.8, 4) is 22.6 Å². The Morgan fingerprint density at radius 3 is 2.29 bits per heavy atom. The number of ketones is 2. The first kappa shape index (κ1) is 38.4. The summed E-state index contributed by atoms with van der Waals surface area (Å²) >= 11 is 0. The fourth-order valence-electron chi connectivity index (χ4n) is 9.91. The van der Waals surface area contributed by atoms with Gasteiger partial charge in [-0.3, -0.25) is 19.2 Å². The summed E-state index contributed by atoms with van der Waals surface area (Å²) in [5.74, 6) is -7.39. The SMILES string of the molecule is CCOC(=O)C(NCc1ccc(OC)c(-c2ccc(O)c3c2C[C@]2(C)C[C@]4(C)[C@@H](C(C)C)C(O)[C@@H](C(N)=O)C(=O)[C@]4(O)C(O)[C@H]2C3=O)c1)C(C)C. The molecule has 12 nitrogen and oxygen atoms in total. The minimum absolute atomic E-state index is 0.0289. The number of phenolic OH excluding ortho intramolecular Hbond substituents is 1. The molecule has 0 heterocycles. The smallest absolute Gasteiger partial charge is 0.323 e. The van der Waals surface area contributed by atoms with Crippen molar-refractivity contribution in [3.05, 3.63) is 47.0 Å². The topological polar surface area (TPSA) is 206 Å². The van der Waals surface area contributed by atoms with Crippen LogP contribution < -0.4 is 15.8 Å². The zero-order valence-electron chi connectivity index (χ0n) is 30.6. The number of carbonyl (C=O) groups is 4. The van der Waals surface area contributed by atoms with Gasteiger partial charge >= 0.3 is 5.97 Å². The van der Waals surface area contributed by atoms with Crippen molar-refractivity contribution in [2.45, 2.75) is 91.7 Å². The number of nitrogens with two attached hydrogens (primary N) is 1. The van der Waals surface area contributed by atoms with Crippen molar-refractivity contribution in [1.29, 1.82) is 0 Å². The minimum atomic E-state index is -2.59. The zero-order valence-corrected chi connectivity index (χ0v) is 30.6. The molecule has 2 aromatic rings. The summed E-state index contributed by atoms with van der Waals surface area (Å²) in [5, 5.41) is 50.4. The van der Waals surface area contributed by atoms with Crippen LogP contribution in [-0.2, 0) is 32.1 Å². The van der Waals surface area contributed by atoms with Crippen LogP contribution in [0.4, 0.5) is 0 Å². The third-order valence-corrected chi connectivity index (χ3v) is 12.0. The van der Waals surface area contributed by atoms with E-state index in [0.29, 0.717) is 29.0 Å². The molecule has 9 atom stereocenters. The van der Waals surface area contributed by atoms with Gasteiger partial charge in [0.25, 0.3) is 0 Å². The number of aliphatic hydroxyl groups excluding tert-OH is 2. The van der Waals surface area contributed by atoms with Gasteiger partial charge in [-0.05, 0) is 77.8 Å². The maximum Gasteiger partial charge on any atom is 0.323 e. The zero-order chi connectivity index (χ0) is 38.0. The predicted molar refractivity (Wildman–Crippen MR) is 188 cm³/mol. The molecule has 2 aromatic carbocycles. The lowest BCUT2D eigenvalue weighted by atomic mass is 9.39. The second-order valence-corrected chi connectivity index (χ2v) is 15.9. The van der Waals surface area contributed by atoms with E-state index in [-0.39, 0.29) is 48.6 Å². The lowest BCUT2D eigenvalue weighted by molar-refractivity contribution is -0.265. The first-order valence-corrected chi connectivity index (χ1v) is 17.7. The van der Waals surface area contributed by atoms with E-state index >= 15 is 0 Å². The third kappa shape index (κ3) is 5.84. The molecule has 2 fully saturated rings. The number of carbonyl (C=O) groups excluding carboxylic acids is 4. The summed E-state index contributed by atoms with van der Waals surface area (Å²) in [6.45, 7) is 13.2. The number of benzene rings is 2. The number of nitrogens with one attached hydrogen (secondary N) is 1. The van der Waals surface area contributed by atoms with Gasteiger partial charge in [-0.2, -0.15) is 0 Å². The number of phenols is 1. The number of amides is 1. The Balaban J connectivity index is 1.63. The number of methoxy groups -OCH3 is 1. The third-order valence-electron chi connectivity index (χ3n) is 12.0. The second kappa shape index (κ2) is 13.6. The molecule has 0 spiro atoms. The number of primary amides is 1. The van der Waals surface area contributed by atoms with E-state index < -0.39 is 69.9 Å². The van der Waals surface area contributed by atoms with Gasteiger partial charge in [-0.15, -0.1) is 0 Å². The molecule has 0 aliphatic heterocycles. The monoisotopic (exact) mass is 708 g/mol. The van der Waals surface area contributed by atoms with Crippen LogP contribution in [0.25, 0.3) is 11.1 Å². The van der Waals surface area contributed by atoms with Crippen LogP contribution in [0, 0.1) is 40.4 Å². The number of aliphatic hydroxyl groups is 3. The Bertz CT molecular complexity index is 1740. The Labute approximate surface area is 298 Å². The summed E-state index contributed by atoms with van der Waals surface area (Å²) in [7, 11) is 1.53. The van der Waals surface area contributed by atoms with Crippen molar-refractivity contribution < 1.29 is 49.1 Å². The van der Waals surface area contributed by atoms with Crippen LogP contribution >= 0.6 is 0 Å². The summed E-state index contributed by atoms with van der Waals surface area (Å²) in [5.41, 5.74) is 2.97. The van der Waals surface area contributed by atoms with Crippen molar-refractivity contribution in [2.75, 3.05) is 13.7 Å². The summed E-state index contributed by atoms with van der Waals surface area (Å²) < 4.78 is 11.0. The van der Waals surface area contributed by atoms with Gasteiger partial charge in [0.2, 0.25) is 5.91 Å². The summed E-state index contributed by atoms with van der Waals surface area (Å²) in [4.78, 5) is 53.7. The van der Waals surface area contributed by atoms with E-state index in [1.807, 2.05) is 32.9 Å². The molecule has 278 valence electrons. The number of aromatic hydroxyl groups is 1. The molecule has 51 heavy (non-hydrogen) atoms. The number of rotatable bonds is 10. The van der Waals surface area contributed by atoms with Gasteiger partial charge in [0.1, 0.15) is 29.6 Å². The number of hydrogen-bond acceptors (Lipinski definition) is 11. The number of Topliss-reactive ketones (excluding diaryl/α,β-unsaturated/α-hetero) is 2. The molecule has 0 radical (unpaired) electrons. The normalized spacial score (nSPS) is 32.2. The van der Waals surface area contributed by atoms with Crippen LogP contribution in [0.2, 0.25) is 0 Å². The van der Waals surface area contributed by atoms with Gasteiger partial charge in [-0.1, -0.05) is 53.7 Å². The molecule has 1 amide bonds. The van der Waals surface area contributed by atoms with Crippen molar-refractivity contribution in [2.24, 2.45) is 46.2 Å². The number of hydrogen-bond donors (Lipinski definition) is 6. The molecular formula is C39H52N2O10. The molecule has 7 N–H and O–H groups in total. The number of ether oxygens (including phenoxy) is 2. The molecule has 3 aliphatic rings. The second-order valence-electron chi connectivity index (χ2n) is 15.9.